The molecule has 378 valence electrons. The van der Waals surface area contributed by atoms with Gasteiger partial charge in [-0.05, 0) is 77.9 Å². The molecule has 0 N–H and O–H groups in total. The van der Waals surface area contributed by atoms with Gasteiger partial charge in [0.05, 0.1) is 0 Å². The number of hydrogen-bond acceptors (Lipinski definition) is 24. The topological polar surface area (TPSA) is 363 Å². The van der Waals surface area contributed by atoms with E-state index in [0.717, 1.165) is 19.3 Å². The second kappa shape index (κ2) is 31.3. The molecule has 2 radical (unpaired) electrons. The lowest BCUT2D eigenvalue weighted by Crippen LogP contribution is -2.62. The zero-order valence-electron chi connectivity index (χ0n) is 40.2. The highest BCUT2D eigenvalue weighted by Crippen LogP contribution is 2.20. The van der Waals surface area contributed by atoms with E-state index in [1.807, 2.05) is 26.6 Å². The third kappa shape index (κ3) is 23.4. The zero-order chi connectivity index (χ0) is 54.2. The van der Waals surface area contributed by atoms with Crippen LogP contribution in [0.1, 0.15) is 58.8 Å². The quantitative estimate of drug-likeness (QED) is 0.0497. The van der Waals surface area contributed by atoms with Crippen LogP contribution in [0.4, 0.5) is 0 Å². The highest BCUT2D eigenvalue weighted by atomic mass is 30.1. The van der Waals surface area contributed by atoms with Crippen molar-refractivity contribution < 1.29 is 105 Å². The van der Waals surface area contributed by atoms with Gasteiger partial charge in [0, 0.05) is 6.61 Å². The molecule has 0 aliphatic rings. The van der Waals surface area contributed by atoms with E-state index >= 15 is 0 Å². The van der Waals surface area contributed by atoms with Gasteiger partial charge < -0.3 is 105 Å². The first kappa shape index (κ1) is 70.0. The Kier molecular flexibility index (Phi) is 31.8. The molecule has 0 bridgehead atoms. The van der Waals surface area contributed by atoms with Crippen LogP contribution in [-0.2, 0) is 105 Å². The van der Waals surface area contributed by atoms with Gasteiger partial charge in [0.1, 0.15) is 0 Å². The maximum Gasteiger partial charge on any atom is 0.533 e. The van der Waals surface area contributed by atoms with Crippen LogP contribution in [0.3, 0.4) is 0 Å². The summed E-state index contributed by atoms with van der Waals surface area (Å²) in [6, 6.07) is -0.203. The maximum atomic E-state index is 14.1. The van der Waals surface area contributed by atoms with Gasteiger partial charge in [-0.2, -0.15) is 0 Å². The van der Waals surface area contributed by atoms with Gasteiger partial charge in [-0.25, -0.2) is 0 Å². The smallest absolute Gasteiger partial charge is 0.533 e. The van der Waals surface area contributed by atoms with Crippen LogP contribution < -0.4 is 0 Å². The molecule has 0 saturated heterocycles. The molecule has 0 aromatic rings. The summed E-state index contributed by atoms with van der Waals surface area (Å²) in [6.07, 6.45) is 4.38. The molecule has 0 saturated carbocycles. The summed E-state index contributed by atoms with van der Waals surface area (Å²) in [5.74, 6) is 0. The third-order valence-corrected chi connectivity index (χ3v) is 164. The molecule has 0 aliphatic carbocycles. The van der Waals surface area contributed by atoms with Crippen LogP contribution in [-0.4, -0.2) is 198 Å². The van der Waals surface area contributed by atoms with Crippen LogP contribution in [0.15, 0.2) is 0 Å². The van der Waals surface area contributed by atoms with Crippen LogP contribution in [0.25, 0.3) is 0 Å². The Balaban J connectivity index is 6.37. The van der Waals surface area contributed by atoms with E-state index in [-0.39, 0.29) is 19.1 Å². The normalized spacial score (nSPS) is 13.3. The minimum absolute atomic E-state index is 0.0367. The minimum Gasteiger partial charge on any atom is -0.574 e. The SMILES string of the molecule is CCCCCCCC[Si](C)(O[Si](=O)[Si](=O)[Si](=O)[Si](=O)[Si](C)(OCCC)O[Si]O[Si](C)(C)C)[Si](=O)[Si](=O)[Si](=O)[Si](=O)[Si](=O)[Si](=O)[Si](=O)[Si](=O)[Si](=O)[Si](=O)[Si](=O)[Si](=O)[Si](=O)[Si](=O)O[Si](C)(C)O[Si](C)(C)C. The summed E-state index contributed by atoms with van der Waals surface area (Å²) in [6.45, 7) is 20.1. The van der Waals surface area contributed by atoms with Crippen LogP contribution in [0.5, 0.6) is 0 Å². The van der Waals surface area contributed by atoms with Gasteiger partial charge in [-0.3, -0.25) is 0 Å². The van der Waals surface area contributed by atoms with E-state index < -0.39 is 191 Å². The van der Waals surface area contributed by atoms with Gasteiger partial charge in [0.15, 0.2) is 16.6 Å². The molecule has 0 rings (SSSR count). The Morgan fingerprint density at radius 1 is 0.377 bits per heavy atom. The third-order valence-electron chi connectivity index (χ3n) is 8.53. The molecule has 0 spiro atoms. The van der Waals surface area contributed by atoms with Crippen molar-refractivity contribution in [3.63, 3.8) is 0 Å². The fraction of sp³-hybridized carbons (Fsp3) is 1.00. The second-order valence-electron chi connectivity index (χ2n) is 17.6. The van der Waals surface area contributed by atoms with Gasteiger partial charge in [0.2, 0.25) is 0 Å². The summed E-state index contributed by atoms with van der Waals surface area (Å²) >= 11 is 0. The lowest BCUT2D eigenvalue weighted by atomic mass is 10.1. The Hall–Kier alpha value is 1.05. The molecule has 0 amide bonds. The van der Waals surface area contributed by atoms with Gasteiger partial charge in [-0.15, -0.1) is 0 Å². The van der Waals surface area contributed by atoms with Crippen molar-refractivity contribution in [2.45, 2.75) is 130 Å². The van der Waals surface area contributed by atoms with E-state index in [0.29, 0.717) is 19.3 Å². The zero-order valence-corrected chi connectivity index (χ0v) is 64.2. The van der Waals surface area contributed by atoms with Crippen molar-refractivity contribution in [1.82, 2.24) is 0 Å². The fourth-order valence-electron chi connectivity index (χ4n) is 5.26. The lowest BCUT2D eigenvalue weighted by Gasteiger charge is -2.30. The molecule has 0 aromatic carbocycles. The Labute approximate surface area is 429 Å². The van der Waals surface area contributed by atoms with Crippen LogP contribution in [0.2, 0.25) is 71.5 Å². The largest absolute Gasteiger partial charge is 0.574 e. The van der Waals surface area contributed by atoms with Crippen molar-refractivity contribution in [2.24, 2.45) is 0 Å². The summed E-state index contributed by atoms with van der Waals surface area (Å²) in [5.41, 5.74) is 0. The molecule has 0 aromatic heterocycles. The summed E-state index contributed by atoms with van der Waals surface area (Å²) in [4.78, 5) is 0. The van der Waals surface area contributed by atoms with E-state index in [4.69, 9.17) is 25.0 Å². The van der Waals surface area contributed by atoms with Crippen molar-refractivity contribution in [1.29, 1.82) is 0 Å². The Morgan fingerprint density at radius 2 is 0.739 bits per heavy atom. The first-order valence-corrected chi connectivity index (χ1v) is 79.5. The molecule has 48 heteroatoms. The highest BCUT2D eigenvalue weighted by molar-refractivity contribution is 7.81. The second-order valence-corrected chi connectivity index (χ2v) is 126. The van der Waals surface area contributed by atoms with Crippen molar-refractivity contribution in [3.8, 4) is 0 Å². The molecule has 0 heterocycles. The molecule has 0 fully saturated rings. The van der Waals surface area contributed by atoms with E-state index in [9.17, 15) is 80.3 Å². The molecule has 0 aliphatic heterocycles. The minimum atomic E-state index is -4.42. The van der Waals surface area contributed by atoms with Crippen molar-refractivity contribution in [2.75, 3.05) is 6.61 Å². The summed E-state index contributed by atoms with van der Waals surface area (Å²) in [5, 5.41) is 0. The lowest BCUT2D eigenvalue weighted by molar-refractivity contribution is 0.252. The number of hydrogen-bond donors (Lipinski definition) is 0. The van der Waals surface area contributed by atoms with Crippen LogP contribution >= 0.6 is 0 Å². The van der Waals surface area contributed by atoms with Gasteiger partial charge in [0.25, 0.3) is 7.83 Å². The molecular weight excluding hydrogens is 1310 g/mol. The van der Waals surface area contributed by atoms with Gasteiger partial charge >= 0.3 is 167 Å². The monoisotopic (exact) mass is 1360 g/mol. The Morgan fingerprint density at radius 3 is 1.14 bits per heavy atom. The summed E-state index contributed by atoms with van der Waals surface area (Å²) in [7, 11) is -90.6. The highest BCUT2D eigenvalue weighted by Gasteiger charge is 2.59. The predicted molar refractivity (Wildman–Crippen MR) is 269 cm³/mol. The van der Waals surface area contributed by atoms with Crippen LogP contribution in [0, 0.1) is 0 Å². The fourth-order valence-corrected chi connectivity index (χ4v) is 222. The van der Waals surface area contributed by atoms with E-state index in [1.165, 1.54) is 26.2 Å². The van der Waals surface area contributed by atoms with Crippen molar-refractivity contribution >= 4 is 191 Å². The number of unbranched alkanes of at least 4 members (excludes halogenated alkanes) is 5. The first-order valence-electron chi connectivity index (χ1n) is 21.0. The first-order chi connectivity index (χ1) is 31.4. The average Bonchev–Trinajstić information content (AvgIpc) is 3.26. The Bertz CT molecular complexity index is 2250. The van der Waals surface area contributed by atoms with Crippen molar-refractivity contribution in [3.05, 3.63) is 0 Å². The molecule has 2 unspecified atom stereocenters. The average molecular weight is 1360 g/mol. The molecular formula is C21H54O24Si24. The summed E-state index contributed by atoms with van der Waals surface area (Å²) < 4.78 is 272. The van der Waals surface area contributed by atoms with Gasteiger partial charge in [-0.1, -0.05) is 52.4 Å². The van der Waals surface area contributed by atoms with E-state index in [1.54, 1.807) is 26.6 Å². The molecule has 24 nitrogen and oxygen atoms in total. The predicted octanol–water partition coefficient (Wildman–Crippen LogP) is -1.59. The molecule has 69 heavy (non-hydrogen) atoms. The standard InChI is InChI=1S/C21H54O24Si24/c1-13-15-16-17-18-19-21-68(11,44-48(23)50(25)61(36)64(39)69(12,40-20-14-2)42-46-41-65(3,4)5)63(38)62(37)60(35)59(34)58(33)57(32)56(31)55(30)54(29)53(28)52(27)51(26)49(24)47(22)43-67(9,10)45-66(6,7)8/h13-21H2,1-12H3. The van der Waals surface area contributed by atoms with E-state index in [2.05, 4.69) is 0 Å². The molecule has 2 atom stereocenters. The maximum absolute atomic E-state index is 14.1. The number of rotatable bonds is 38.